The first-order valence-electron chi connectivity index (χ1n) is 10.2. The normalized spacial score (nSPS) is 11.8. The van der Waals surface area contributed by atoms with Gasteiger partial charge in [0.2, 0.25) is 0 Å². The van der Waals surface area contributed by atoms with Gasteiger partial charge in [-0.25, -0.2) is 14.3 Å². The molecule has 0 spiro atoms. The third kappa shape index (κ3) is 6.56. The van der Waals surface area contributed by atoms with E-state index in [0.29, 0.717) is 23.4 Å². The van der Waals surface area contributed by atoms with Crippen molar-refractivity contribution in [1.29, 1.82) is 0 Å². The summed E-state index contributed by atoms with van der Waals surface area (Å²) in [4.78, 5) is 23.3. The predicted molar refractivity (Wildman–Crippen MR) is 113 cm³/mol. The first-order valence-corrected chi connectivity index (χ1v) is 10.2. The van der Waals surface area contributed by atoms with Crippen LogP contribution in [0.4, 0.5) is 13.2 Å². The number of aliphatic carboxylic acids is 1. The van der Waals surface area contributed by atoms with Crippen molar-refractivity contribution >= 4 is 11.9 Å². The molecule has 0 fully saturated rings. The van der Waals surface area contributed by atoms with E-state index in [1.165, 1.54) is 54.9 Å². The molecule has 11 heteroatoms. The Morgan fingerprint density at radius 1 is 1.03 bits per heavy atom. The van der Waals surface area contributed by atoms with E-state index in [0.717, 1.165) is 12.1 Å². The number of hydrogen-bond donors (Lipinski definition) is 1. The second-order valence-corrected chi connectivity index (χ2v) is 7.93. The molecule has 0 aliphatic heterocycles. The molecule has 0 saturated carbocycles. The molecule has 34 heavy (non-hydrogen) atoms. The Morgan fingerprint density at radius 2 is 1.68 bits per heavy atom. The van der Waals surface area contributed by atoms with E-state index in [2.05, 4.69) is 10.3 Å². The minimum absolute atomic E-state index is 0.0438. The molecule has 0 saturated heterocycles. The van der Waals surface area contributed by atoms with E-state index in [9.17, 15) is 22.8 Å². The van der Waals surface area contributed by atoms with Crippen LogP contribution < -0.4 is 4.74 Å². The van der Waals surface area contributed by atoms with Crippen LogP contribution in [0.15, 0.2) is 54.7 Å². The average Bonchev–Trinajstić information content (AvgIpc) is 3.20. The van der Waals surface area contributed by atoms with Gasteiger partial charge in [-0.1, -0.05) is 17.3 Å². The lowest BCUT2D eigenvalue weighted by Crippen LogP contribution is -2.37. The van der Waals surface area contributed by atoms with Gasteiger partial charge in [-0.3, -0.25) is 0 Å². The predicted octanol–water partition coefficient (Wildman–Crippen LogP) is 3.99. The molecule has 3 aromatic rings. The summed E-state index contributed by atoms with van der Waals surface area (Å²) in [5.41, 5.74) is -0.670. The fraction of sp³-hybridized carbons (Fsp3) is 0.304. The van der Waals surface area contributed by atoms with Gasteiger partial charge < -0.3 is 14.6 Å². The maximum Gasteiger partial charge on any atom is 0.416 e. The minimum atomic E-state index is -4.39. The van der Waals surface area contributed by atoms with Gasteiger partial charge in [-0.15, -0.1) is 5.10 Å². The monoisotopic (exact) mass is 477 g/mol. The van der Waals surface area contributed by atoms with Crippen LogP contribution in [-0.2, 0) is 28.7 Å². The van der Waals surface area contributed by atoms with Crippen molar-refractivity contribution < 1.29 is 37.3 Å². The van der Waals surface area contributed by atoms with Crippen molar-refractivity contribution in [2.24, 2.45) is 0 Å². The maximum absolute atomic E-state index is 12.6. The van der Waals surface area contributed by atoms with Crippen molar-refractivity contribution in [3.05, 3.63) is 77.1 Å². The summed E-state index contributed by atoms with van der Waals surface area (Å²) in [6, 6.07) is 10.7. The van der Waals surface area contributed by atoms with Crippen LogP contribution in [0.1, 0.15) is 41.0 Å². The van der Waals surface area contributed by atoms with Gasteiger partial charge in [-0.2, -0.15) is 13.2 Å². The molecule has 180 valence electrons. The van der Waals surface area contributed by atoms with E-state index >= 15 is 0 Å². The Bertz CT molecular complexity index is 1140. The summed E-state index contributed by atoms with van der Waals surface area (Å²) in [5, 5.41) is 17.0. The van der Waals surface area contributed by atoms with E-state index < -0.39 is 29.3 Å². The first-order chi connectivity index (χ1) is 15.9. The van der Waals surface area contributed by atoms with Gasteiger partial charge in [0.15, 0.2) is 5.60 Å². The van der Waals surface area contributed by atoms with Crippen LogP contribution in [-0.4, -0.2) is 44.2 Å². The molecule has 3 rings (SSSR count). The molecule has 0 aliphatic carbocycles. The van der Waals surface area contributed by atoms with Gasteiger partial charge in [0.1, 0.15) is 5.75 Å². The molecule has 8 nitrogen and oxygen atoms in total. The fourth-order valence-electron chi connectivity index (χ4n) is 2.85. The van der Waals surface area contributed by atoms with Crippen LogP contribution in [0.25, 0.3) is 0 Å². The zero-order valence-electron chi connectivity index (χ0n) is 18.4. The SMILES string of the molecule is CC(C)(Oc1ccc(C(=O)OCCc2cn(Cc3ccc(C(F)(F)F)cc3)nn2)cc1)C(=O)O. The lowest BCUT2D eigenvalue weighted by Gasteiger charge is -2.21. The number of esters is 1. The molecule has 0 atom stereocenters. The zero-order valence-corrected chi connectivity index (χ0v) is 18.4. The molecule has 1 aromatic heterocycles. The summed E-state index contributed by atoms with van der Waals surface area (Å²) in [5.74, 6) is -1.39. The summed E-state index contributed by atoms with van der Waals surface area (Å²) in [6.07, 6.45) is -2.46. The van der Waals surface area contributed by atoms with Crippen LogP contribution in [0, 0.1) is 0 Å². The highest BCUT2D eigenvalue weighted by atomic mass is 19.4. The number of nitrogens with zero attached hydrogens (tertiary/aromatic N) is 3. The highest BCUT2D eigenvalue weighted by molar-refractivity contribution is 5.89. The maximum atomic E-state index is 12.6. The standard InChI is InChI=1S/C23H22F3N3O5/c1-22(2,21(31)32)34-19-9-5-16(6-10-19)20(30)33-12-11-18-14-29(28-27-18)13-15-3-7-17(8-4-15)23(24,25)26/h3-10,14H,11-13H2,1-2H3,(H,31,32). The Hall–Kier alpha value is -3.89. The number of benzene rings is 2. The fourth-order valence-corrected chi connectivity index (χ4v) is 2.85. The number of carboxylic acid groups (broad SMARTS) is 1. The molecular formula is C23H22F3N3O5. The van der Waals surface area contributed by atoms with Gasteiger partial charge >= 0.3 is 18.1 Å². The largest absolute Gasteiger partial charge is 0.478 e. The minimum Gasteiger partial charge on any atom is -0.478 e. The number of carboxylic acids is 1. The molecule has 0 amide bonds. The van der Waals surface area contributed by atoms with Gasteiger partial charge in [0, 0.05) is 12.6 Å². The molecular weight excluding hydrogens is 455 g/mol. The van der Waals surface area contributed by atoms with Gasteiger partial charge in [0.25, 0.3) is 0 Å². The molecule has 0 bridgehead atoms. The van der Waals surface area contributed by atoms with Crippen molar-refractivity contribution in [2.45, 2.75) is 38.6 Å². The number of hydrogen-bond acceptors (Lipinski definition) is 6. The topological polar surface area (TPSA) is 104 Å². The van der Waals surface area contributed by atoms with E-state index in [1.54, 1.807) is 6.20 Å². The summed E-state index contributed by atoms with van der Waals surface area (Å²) < 4.78 is 50.0. The summed E-state index contributed by atoms with van der Waals surface area (Å²) in [7, 11) is 0. The molecule has 1 heterocycles. The number of alkyl halides is 3. The third-order valence-electron chi connectivity index (χ3n) is 4.78. The summed E-state index contributed by atoms with van der Waals surface area (Å²) in [6.45, 7) is 3.12. The van der Waals surface area contributed by atoms with Gasteiger partial charge in [0.05, 0.1) is 30.0 Å². The molecule has 0 unspecified atom stereocenters. The van der Waals surface area contributed by atoms with Crippen LogP contribution in [0.2, 0.25) is 0 Å². The van der Waals surface area contributed by atoms with E-state index in [-0.39, 0.29) is 18.7 Å². The lowest BCUT2D eigenvalue weighted by molar-refractivity contribution is -0.152. The number of carbonyl (C=O) groups excluding carboxylic acids is 1. The Kier molecular flexibility index (Phi) is 7.23. The number of ether oxygens (including phenoxy) is 2. The first kappa shape index (κ1) is 24.7. The Labute approximate surface area is 192 Å². The Balaban J connectivity index is 1.48. The molecule has 0 radical (unpaired) electrons. The molecule has 1 N–H and O–H groups in total. The van der Waals surface area contributed by atoms with Crippen molar-refractivity contribution in [1.82, 2.24) is 15.0 Å². The highest BCUT2D eigenvalue weighted by Crippen LogP contribution is 2.29. The average molecular weight is 477 g/mol. The Morgan fingerprint density at radius 3 is 2.26 bits per heavy atom. The molecule has 0 aliphatic rings. The quantitative estimate of drug-likeness (QED) is 0.465. The summed E-state index contributed by atoms with van der Waals surface area (Å²) >= 11 is 0. The van der Waals surface area contributed by atoms with E-state index in [1.807, 2.05) is 0 Å². The van der Waals surface area contributed by atoms with Crippen molar-refractivity contribution in [3.63, 3.8) is 0 Å². The van der Waals surface area contributed by atoms with Crippen molar-refractivity contribution in [2.75, 3.05) is 6.61 Å². The number of halogens is 3. The zero-order chi connectivity index (χ0) is 24.9. The third-order valence-corrected chi connectivity index (χ3v) is 4.78. The van der Waals surface area contributed by atoms with Crippen LogP contribution >= 0.6 is 0 Å². The van der Waals surface area contributed by atoms with Crippen molar-refractivity contribution in [3.8, 4) is 5.75 Å². The second-order valence-electron chi connectivity index (χ2n) is 7.93. The van der Waals surface area contributed by atoms with Crippen LogP contribution in [0.5, 0.6) is 5.75 Å². The van der Waals surface area contributed by atoms with E-state index in [4.69, 9.17) is 14.6 Å². The second kappa shape index (κ2) is 9.94. The van der Waals surface area contributed by atoms with Gasteiger partial charge in [-0.05, 0) is 55.8 Å². The molecule has 2 aromatic carbocycles. The number of aromatic nitrogens is 3. The highest BCUT2D eigenvalue weighted by Gasteiger charge is 2.30. The lowest BCUT2D eigenvalue weighted by atomic mass is 10.1. The smallest absolute Gasteiger partial charge is 0.416 e. The van der Waals surface area contributed by atoms with Crippen LogP contribution in [0.3, 0.4) is 0 Å². The number of rotatable bonds is 9. The number of carbonyl (C=O) groups is 2.